The van der Waals surface area contributed by atoms with Crippen LogP contribution in [-0.2, 0) is 16.1 Å². The molecule has 0 saturated heterocycles. The fourth-order valence-electron chi connectivity index (χ4n) is 1.80. The van der Waals surface area contributed by atoms with Crippen molar-refractivity contribution in [2.75, 3.05) is 0 Å². The predicted molar refractivity (Wildman–Crippen MR) is 82.9 cm³/mol. The standard InChI is InChI=1S/C14H23N3O3.ClH/c1-4-7-14(3,15)13(19)17-10(2)12(18)16-9-11-6-5-8-20-11;/h5-6,8,10H,4,7,9,15H2,1-3H3,(H,16,18)(H,17,19);1H. The Labute approximate surface area is 131 Å². The Morgan fingerprint density at radius 3 is 2.67 bits per heavy atom. The zero-order chi connectivity index (χ0) is 15.2. The molecule has 4 N–H and O–H groups in total. The number of nitrogens with one attached hydrogen (secondary N) is 2. The van der Waals surface area contributed by atoms with E-state index in [1.807, 2.05) is 6.92 Å². The fourth-order valence-corrected chi connectivity index (χ4v) is 1.80. The van der Waals surface area contributed by atoms with Gasteiger partial charge < -0.3 is 20.8 Å². The van der Waals surface area contributed by atoms with Crippen molar-refractivity contribution < 1.29 is 14.0 Å². The summed E-state index contributed by atoms with van der Waals surface area (Å²) in [5.41, 5.74) is 4.96. The Hall–Kier alpha value is -1.53. The zero-order valence-electron chi connectivity index (χ0n) is 12.6. The molecule has 2 amide bonds. The van der Waals surface area contributed by atoms with Gasteiger partial charge in [-0.3, -0.25) is 9.59 Å². The third kappa shape index (κ3) is 6.18. The van der Waals surface area contributed by atoms with Gasteiger partial charge >= 0.3 is 0 Å². The third-order valence-electron chi connectivity index (χ3n) is 3.05. The number of amides is 2. The van der Waals surface area contributed by atoms with E-state index in [1.54, 1.807) is 26.0 Å². The van der Waals surface area contributed by atoms with Crippen molar-refractivity contribution in [3.8, 4) is 0 Å². The van der Waals surface area contributed by atoms with E-state index in [1.165, 1.54) is 6.26 Å². The van der Waals surface area contributed by atoms with E-state index in [2.05, 4.69) is 10.6 Å². The molecule has 0 aliphatic carbocycles. The largest absolute Gasteiger partial charge is 0.467 e. The predicted octanol–water partition coefficient (Wildman–Crippen LogP) is 1.34. The molecule has 0 saturated carbocycles. The summed E-state index contributed by atoms with van der Waals surface area (Å²) in [5.74, 6) is 0.0635. The average molecular weight is 318 g/mol. The average Bonchev–Trinajstić information content (AvgIpc) is 2.88. The van der Waals surface area contributed by atoms with Crippen molar-refractivity contribution in [3.63, 3.8) is 0 Å². The van der Waals surface area contributed by atoms with E-state index in [9.17, 15) is 9.59 Å². The molecule has 1 rings (SSSR count). The minimum atomic E-state index is -0.954. The first-order valence-electron chi connectivity index (χ1n) is 6.76. The quantitative estimate of drug-likeness (QED) is 0.707. The molecule has 2 unspecified atom stereocenters. The summed E-state index contributed by atoms with van der Waals surface area (Å²) in [6.07, 6.45) is 2.91. The summed E-state index contributed by atoms with van der Waals surface area (Å²) in [7, 11) is 0. The summed E-state index contributed by atoms with van der Waals surface area (Å²) in [5, 5.41) is 5.31. The lowest BCUT2D eigenvalue weighted by Gasteiger charge is -2.25. The van der Waals surface area contributed by atoms with Crippen LogP contribution in [0.3, 0.4) is 0 Å². The number of nitrogens with two attached hydrogens (primary N) is 1. The Bertz CT molecular complexity index is 446. The monoisotopic (exact) mass is 317 g/mol. The summed E-state index contributed by atoms with van der Waals surface area (Å²) in [4.78, 5) is 23.8. The van der Waals surface area contributed by atoms with Gasteiger partial charge in [-0.2, -0.15) is 0 Å². The molecule has 0 bridgehead atoms. The van der Waals surface area contributed by atoms with Gasteiger partial charge in [0.1, 0.15) is 11.8 Å². The second kappa shape index (κ2) is 8.69. The van der Waals surface area contributed by atoms with E-state index in [4.69, 9.17) is 10.2 Å². The number of furan rings is 1. The van der Waals surface area contributed by atoms with Crippen LogP contribution in [0.1, 0.15) is 39.4 Å². The molecule has 0 aliphatic heterocycles. The highest BCUT2D eigenvalue weighted by atomic mass is 35.5. The van der Waals surface area contributed by atoms with Crippen LogP contribution in [0, 0.1) is 0 Å². The molecule has 1 aromatic heterocycles. The number of carbonyl (C=O) groups is 2. The number of hydrogen-bond acceptors (Lipinski definition) is 4. The molecule has 6 nitrogen and oxygen atoms in total. The molecule has 120 valence electrons. The number of rotatable bonds is 7. The van der Waals surface area contributed by atoms with Gasteiger partial charge in [0, 0.05) is 0 Å². The second-order valence-corrected chi connectivity index (χ2v) is 5.16. The third-order valence-corrected chi connectivity index (χ3v) is 3.05. The van der Waals surface area contributed by atoms with Gasteiger partial charge in [-0.1, -0.05) is 13.3 Å². The van der Waals surface area contributed by atoms with Crippen LogP contribution in [0.5, 0.6) is 0 Å². The lowest BCUT2D eigenvalue weighted by molar-refractivity contribution is -0.131. The highest BCUT2D eigenvalue weighted by Crippen LogP contribution is 2.08. The van der Waals surface area contributed by atoms with Gasteiger partial charge in [0.15, 0.2) is 0 Å². The van der Waals surface area contributed by atoms with Crippen LogP contribution in [-0.4, -0.2) is 23.4 Å². The van der Waals surface area contributed by atoms with Gasteiger partial charge in [0.05, 0.1) is 18.3 Å². The zero-order valence-corrected chi connectivity index (χ0v) is 13.5. The molecule has 0 fully saturated rings. The normalized spacial score (nSPS) is 14.5. The lowest BCUT2D eigenvalue weighted by Crippen LogP contribution is -2.56. The van der Waals surface area contributed by atoms with Gasteiger partial charge in [-0.15, -0.1) is 12.4 Å². The molecule has 0 aliphatic rings. The molecule has 7 heteroatoms. The van der Waals surface area contributed by atoms with Crippen molar-refractivity contribution in [2.24, 2.45) is 5.73 Å². The number of hydrogen-bond donors (Lipinski definition) is 3. The van der Waals surface area contributed by atoms with Crippen molar-refractivity contribution in [2.45, 2.75) is 51.7 Å². The maximum absolute atomic E-state index is 12.0. The van der Waals surface area contributed by atoms with Crippen molar-refractivity contribution in [1.29, 1.82) is 0 Å². The van der Waals surface area contributed by atoms with Crippen LogP contribution in [0.2, 0.25) is 0 Å². The molecular weight excluding hydrogens is 294 g/mol. The van der Waals surface area contributed by atoms with Crippen molar-refractivity contribution >= 4 is 24.2 Å². The van der Waals surface area contributed by atoms with E-state index < -0.39 is 11.6 Å². The van der Waals surface area contributed by atoms with Crippen LogP contribution < -0.4 is 16.4 Å². The molecule has 0 aromatic carbocycles. The first-order valence-corrected chi connectivity index (χ1v) is 6.76. The molecule has 1 heterocycles. The van der Waals surface area contributed by atoms with E-state index in [-0.39, 0.29) is 24.2 Å². The highest BCUT2D eigenvalue weighted by Gasteiger charge is 2.29. The second-order valence-electron chi connectivity index (χ2n) is 5.16. The van der Waals surface area contributed by atoms with Crippen LogP contribution in [0.25, 0.3) is 0 Å². The minimum Gasteiger partial charge on any atom is -0.467 e. The molecule has 2 atom stereocenters. The van der Waals surface area contributed by atoms with Crippen LogP contribution in [0.15, 0.2) is 22.8 Å². The summed E-state index contributed by atoms with van der Waals surface area (Å²) in [6, 6.07) is 2.87. The summed E-state index contributed by atoms with van der Waals surface area (Å²) < 4.78 is 5.11. The minimum absolute atomic E-state index is 0. The number of carbonyl (C=O) groups excluding carboxylic acids is 2. The van der Waals surface area contributed by atoms with E-state index in [0.29, 0.717) is 18.7 Å². The summed E-state index contributed by atoms with van der Waals surface area (Å²) >= 11 is 0. The Kier molecular flexibility index (Phi) is 8.06. The van der Waals surface area contributed by atoms with Crippen LogP contribution in [0.4, 0.5) is 0 Å². The van der Waals surface area contributed by atoms with Crippen molar-refractivity contribution in [3.05, 3.63) is 24.2 Å². The first-order chi connectivity index (χ1) is 9.36. The Balaban J connectivity index is 0.00000400. The van der Waals surface area contributed by atoms with Crippen molar-refractivity contribution in [1.82, 2.24) is 10.6 Å². The van der Waals surface area contributed by atoms with Crippen LogP contribution >= 0.6 is 12.4 Å². The Morgan fingerprint density at radius 1 is 1.48 bits per heavy atom. The highest BCUT2D eigenvalue weighted by molar-refractivity contribution is 5.91. The first kappa shape index (κ1) is 19.5. The van der Waals surface area contributed by atoms with E-state index >= 15 is 0 Å². The maximum atomic E-state index is 12.0. The SMILES string of the molecule is CCCC(C)(N)C(=O)NC(C)C(=O)NCc1ccco1.Cl. The van der Waals surface area contributed by atoms with Gasteiger partial charge in [0.2, 0.25) is 11.8 Å². The molecule has 0 radical (unpaired) electrons. The van der Waals surface area contributed by atoms with Gasteiger partial charge in [0.25, 0.3) is 0 Å². The number of halogens is 1. The van der Waals surface area contributed by atoms with Gasteiger partial charge in [-0.25, -0.2) is 0 Å². The van der Waals surface area contributed by atoms with Gasteiger partial charge in [-0.05, 0) is 32.4 Å². The fraction of sp³-hybridized carbons (Fsp3) is 0.571. The topological polar surface area (TPSA) is 97.4 Å². The molecular formula is C14H24ClN3O3. The molecule has 0 spiro atoms. The smallest absolute Gasteiger partial charge is 0.242 e. The molecule has 1 aromatic rings. The van der Waals surface area contributed by atoms with E-state index in [0.717, 1.165) is 6.42 Å². The Morgan fingerprint density at radius 2 is 2.14 bits per heavy atom. The lowest BCUT2D eigenvalue weighted by atomic mass is 9.96. The summed E-state index contributed by atoms with van der Waals surface area (Å²) in [6.45, 7) is 5.54. The maximum Gasteiger partial charge on any atom is 0.242 e. The molecule has 21 heavy (non-hydrogen) atoms.